The van der Waals surface area contributed by atoms with Crippen molar-refractivity contribution < 1.29 is 0 Å². The summed E-state index contributed by atoms with van der Waals surface area (Å²) >= 11 is 6.19. The second-order valence-electron chi connectivity index (χ2n) is 4.21. The molecule has 1 rings (SSSR count). The zero-order valence-corrected chi connectivity index (χ0v) is 11.2. The summed E-state index contributed by atoms with van der Waals surface area (Å²) in [6, 6.07) is 5.50. The van der Waals surface area contributed by atoms with E-state index in [0.29, 0.717) is 10.6 Å². The Morgan fingerprint density at radius 1 is 1.41 bits per heavy atom. The molecule has 3 N–H and O–H groups in total. The number of benzene rings is 1. The Bertz CT molecular complexity index is 390. The average molecular weight is 254 g/mol. The quantitative estimate of drug-likeness (QED) is 0.465. The Kier molecular flexibility index (Phi) is 5.29. The van der Waals surface area contributed by atoms with E-state index in [4.69, 9.17) is 22.7 Å². The van der Waals surface area contributed by atoms with Crippen LogP contribution in [-0.2, 0) is 0 Å². The molecule has 3 nitrogen and oxygen atoms in total. The molecule has 0 atom stereocenters. The lowest BCUT2D eigenvalue weighted by Crippen LogP contribution is -2.19. The fraction of sp³-hybridized carbons (Fsp3) is 0.462. The van der Waals surface area contributed by atoms with Crippen molar-refractivity contribution >= 4 is 23.1 Å². The predicted octanol–water partition coefficient (Wildman–Crippen LogP) is 3.25. The number of hydrogen-bond donors (Lipinski definition) is 2. The zero-order valence-electron chi connectivity index (χ0n) is 10.5. The monoisotopic (exact) mass is 253 g/mol. The molecule has 0 saturated heterocycles. The number of anilines is 1. The Morgan fingerprint density at radius 3 is 2.65 bits per heavy atom. The Balaban J connectivity index is 2.74. The van der Waals surface area contributed by atoms with E-state index >= 15 is 0 Å². The lowest BCUT2D eigenvalue weighted by molar-refractivity contribution is 0.705. The number of nitrogen functional groups attached to an aromatic ring is 1. The molecule has 0 fully saturated rings. The van der Waals surface area contributed by atoms with Crippen molar-refractivity contribution in [2.24, 2.45) is 5.73 Å². The van der Waals surface area contributed by atoms with Gasteiger partial charge in [-0.05, 0) is 24.6 Å². The fourth-order valence-corrected chi connectivity index (χ4v) is 2.03. The summed E-state index contributed by atoms with van der Waals surface area (Å²) in [6.07, 6.45) is 3.61. The van der Waals surface area contributed by atoms with Crippen LogP contribution in [0.25, 0.3) is 0 Å². The zero-order chi connectivity index (χ0) is 12.8. The van der Waals surface area contributed by atoms with Crippen LogP contribution in [-0.4, -0.2) is 19.4 Å². The summed E-state index contributed by atoms with van der Waals surface area (Å²) in [5, 5.41) is 8.00. The van der Waals surface area contributed by atoms with Gasteiger partial charge in [-0.25, -0.2) is 0 Å². The minimum atomic E-state index is 0.0482. The van der Waals surface area contributed by atoms with Crippen LogP contribution in [0.4, 0.5) is 5.69 Å². The van der Waals surface area contributed by atoms with Gasteiger partial charge in [0.25, 0.3) is 0 Å². The molecule has 0 unspecified atom stereocenters. The smallest absolute Gasteiger partial charge is 0.122 e. The number of amidine groups is 1. The first-order chi connectivity index (χ1) is 8.06. The van der Waals surface area contributed by atoms with Gasteiger partial charge in [-0.2, -0.15) is 0 Å². The molecule has 17 heavy (non-hydrogen) atoms. The summed E-state index contributed by atoms with van der Waals surface area (Å²) in [5.41, 5.74) is 7.08. The normalized spacial score (nSPS) is 10.3. The maximum absolute atomic E-state index is 7.35. The standard InChI is InChI=1S/C13H20ClN3/c1-3-4-5-8-17(2)12-7-6-10(13(15)16)9-11(12)14/h6-7,9H,3-5,8H2,1-2H3,(H3,15,16). The number of halogens is 1. The maximum atomic E-state index is 7.35. The molecule has 0 aliphatic rings. The summed E-state index contributed by atoms with van der Waals surface area (Å²) in [5.74, 6) is 0.0482. The molecule has 1 aromatic carbocycles. The number of unbranched alkanes of at least 4 members (excludes halogenated alkanes) is 2. The second-order valence-corrected chi connectivity index (χ2v) is 4.62. The molecule has 4 heteroatoms. The molecule has 0 saturated carbocycles. The van der Waals surface area contributed by atoms with Crippen LogP contribution in [0.15, 0.2) is 18.2 Å². The first-order valence-corrected chi connectivity index (χ1v) is 6.29. The van der Waals surface area contributed by atoms with E-state index in [0.717, 1.165) is 18.7 Å². The van der Waals surface area contributed by atoms with Gasteiger partial charge in [0, 0.05) is 19.2 Å². The molecule has 0 aliphatic carbocycles. The topological polar surface area (TPSA) is 53.1 Å². The largest absolute Gasteiger partial charge is 0.384 e. The third kappa shape index (κ3) is 3.93. The van der Waals surface area contributed by atoms with E-state index in [1.165, 1.54) is 12.8 Å². The summed E-state index contributed by atoms with van der Waals surface area (Å²) in [4.78, 5) is 2.14. The highest BCUT2D eigenvalue weighted by molar-refractivity contribution is 6.33. The van der Waals surface area contributed by atoms with Crippen molar-refractivity contribution in [1.29, 1.82) is 5.41 Å². The maximum Gasteiger partial charge on any atom is 0.122 e. The van der Waals surface area contributed by atoms with Crippen molar-refractivity contribution in [3.8, 4) is 0 Å². The molecule has 1 aromatic rings. The van der Waals surface area contributed by atoms with Gasteiger partial charge in [-0.1, -0.05) is 31.4 Å². The lowest BCUT2D eigenvalue weighted by Gasteiger charge is -2.20. The molecular formula is C13H20ClN3. The van der Waals surface area contributed by atoms with E-state index in [2.05, 4.69) is 11.8 Å². The van der Waals surface area contributed by atoms with E-state index in [1.807, 2.05) is 19.2 Å². The highest BCUT2D eigenvalue weighted by atomic mass is 35.5. The van der Waals surface area contributed by atoms with Crippen molar-refractivity contribution in [2.45, 2.75) is 26.2 Å². The van der Waals surface area contributed by atoms with Crippen molar-refractivity contribution in [2.75, 3.05) is 18.5 Å². The number of hydrogen-bond acceptors (Lipinski definition) is 2. The number of nitrogens with one attached hydrogen (secondary N) is 1. The lowest BCUT2D eigenvalue weighted by atomic mass is 10.1. The van der Waals surface area contributed by atoms with E-state index in [9.17, 15) is 0 Å². The van der Waals surface area contributed by atoms with Crippen LogP contribution >= 0.6 is 11.6 Å². The molecule has 0 spiro atoms. The molecular weight excluding hydrogens is 234 g/mol. The third-order valence-corrected chi connectivity index (χ3v) is 3.07. The number of rotatable bonds is 6. The number of nitrogens with two attached hydrogens (primary N) is 1. The molecule has 0 heterocycles. The molecule has 0 aromatic heterocycles. The van der Waals surface area contributed by atoms with E-state index in [1.54, 1.807) is 6.07 Å². The van der Waals surface area contributed by atoms with Gasteiger partial charge in [-0.3, -0.25) is 5.41 Å². The van der Waals surface area contributed by atoms with Crippen molar-refractivity contribution in [3.05, 3.63) is 28.8 Å². The first kappa shape index (κ1) is 13.8. The third-order valence-electron chi connectivity index (χ3n) is 2.77. The van der Waals surface area contributed by atoms with Gasteiger partial charge in [-0.15, -0.1) is 0 Å². The van der Waals surface area contributed by atoms with Crippen molar-refractivity contribution in [1.82, 2.24) is 0 Å². The van der Waals surface area contributed by atoms with Gasteiger partial charge < -0.3 is 10.6 Å². The highest BCUT2D eigenvalue weighted by Crippen LogP contribution is 2.26. The minimum absolute atomic E-state index is 0.0482. The van der Waals surface area contributed by atoms with Crippen LogP contribution in [0.1, 0.15) is 31.7 Å². The van der Waals surface area contributed by atoms with Crippen LogP contribution in [0, 0.1) is 5.41 Å². The van der Waals surface area contributed by atoms with Crippen LogP contribution in [0.5, 0.6) is 0 Å². The Morgan fingerprint density at radius 2 is 2.12 bits per heavy atom. The Labute approximate surface area is 108 Å². The molecule has 0 bridgehead atoms. The van der Waals surface area contributed by atoms with E-state index in [-0.39, 0.29) is 5.84 Å². The van der Waals surface area contributed by atoms with Gasteiger partial charge >= 0.3 is 0 Å². The minimum Gasteiger partial charge on any atom is -0.384 e. The summed E-state index contributed by atoms with van der Waals surface area (Å²) in [6.45, 7) is 3.18. The molecule has 0 aliphatic heterocycles. The molecule has 0 amide bonds. The molecule has 0 radical (unpaired) electrons. The van der Waals surface area contributed by atoms with Gasteiger partial charge in [0.2, 0.25) is 0 Å². The summed E-state index contributed by atoms with van der Waals surface area (Å²) < 4.78 is 0. The average Bonchev–Trinajstić information content (AvgIpc) is 2.28. The second kappa shape index (κ2) is 6.50. The predicted molar refractivity (Wildman–Crippen MR) is 75.3 cm³/mol. The van der Waals surface area contributed by atoms with E-state index < -0.39 is 0 Å². The fourth-order valence-electron chi connectivity index (χ4n) is 1.70. The first-order valence-electron chi connectivity index (χ1n) is 5.91. The van der Waals surface area contributed by atoms with Crippen LogP contribution in [0.2, 0.25) is 5.02 Å². The van der Waals surface area contributed by atoms with Crippen LogP contribution in [0.3, 0.4) is 0 Å². The van der Waals surface area contributed by atoms with Gasteiger partial charge in [0.05, 0.1) is 10.7 Å². The highest BCUT2D eigenvalue weighted by Gasteiger charge is 2.07. The SMILES string of the molecule is CCCCCN(C)c1ccc(C(=N)N)cc1Cl. The van der Waals surface area contributed by atoms with Crippen molar-refractivity contribution in [3.63, 3.8) is 0 Å². The van der Waals surface area contributed by atoms with Gasteiger partial charge in [0.1, 0.15) is 5.84 Å². The van der Waals surface area contributed by atoms with Gasteiger partial charge in [0.15, 0.2) is 0 Å². The summed E-state index contributed by atoms with van der Waals surface area (Å²) in [7, 11) is 2.03. The Hall–Kier alpha value is -1.22. The molecule has 94 valence electrons. The number of nitrogens with zero attached hydrogens (tertiary/aromatic N) is 1. The van der Waals surface area contributed by atoms with Crippen LogP contribution < -0.4 is 10.6 Å².